The van der Waals surface area contributed by atoms with Gasteiger partial charge in [0, 0.05) is 36.0 Å². The Hall–Kier alpha value is -3.88. The largest absolute Gasteiger partial charge is 0.493 e. The Morgan fingerprint density at radius 2 is 1.69 bits per heavy atom. The second kappa shape index (κ2) is 8.70. The van der Waals surface area contributed by atoms with Crippen LogP contribution in [0, 0.1) is 6.92 Å². The molecule has 0 fully saturated rings. The summed E-state index contributed by atoms with van der Waals surface area (Å²) in [6.45, 7) is 6.05. The number of pyridine rings is 1. The summed E-state index contributed by atoms with van der Waals surface area (Å²) in [5.41, 5.74) is 2.23. The molecule has 9 heteroatoms. The minimum atomic E-state index is 0.155. The van der Waals surface area contributed by atoms with Crippen LogP contribution >= 0.6 is 0 Å². The maximum absolute atomic E-state index is 6.26. The maximum atomic E-state index is 6.26. The van der Waals surface area contributed by atoms with E-state index in [1.807, 2.05) is 19.1 Å². The highest BCUT2D eigenvalue weighted by Gasteiger charge is 2.22. The molecule has 0 aliphatic rings. The minimum Gasteiger partial charge on any atom is -0.493 e. The normalized spacial score (nSPS) is 11.1. The van der Waals surface area contributed by atoms with Crippen LogP contribution in [0.15, 0.2) is 36.7 Å². The lowest BCUT2D eigenvalue weighted by atomic mass is 10.2. The van der Waals surface area contributed by atoms with E-state index < -0.39 is 0 Å². The van der Waals surface area contributed by atoms with Crippen LogP contribution in [0.2, 0.25) is 0 Å². The van der Waals surface area contributed by atoms with E-state index in [0.29, 0.717) is 40.2 Å². The summed E-state index contributed by atoms with van der Waals surface area (Å²) in [7, 11) is 4.67. The standard InChI is InChI=1S/C23H25N5O4/c1-13(2)22-25-14(3)19-23(26-21(27-28(19)22)15-8-7-9-24-12-15)32-16-10-17(29-4)20(31-6)18(11-16)30-5/h7-13H,1-6H3. The number of methoxy groups -OCH3 is 3. The summed E-state index contributed by atoms with van der Waals surface area (Å²) in [6.07, 6.45) is 3.42. The zero-order valence-electron chi connectivity index (χ0n) is 18.9. The van der Waals surface area contributed by atoms with E-state index in [1.54, 1.807) is 50.4 Å². The van der Waals surface area contributed by atoms with Crippen LogP contribution in [0.4, 0.5) is 0 Å². The second-order valence-electron chi connectivity index (χ2n) is 7.42. The van der Waals surface area contributed by atoms with E-state index >= 15 is 0 Å². The van der Waals surface area contributed by atoms with Gasteiger partial charge in [-0.1, -0.05) is 13.8 Å². The zero-order chi connectivity index (χ0) is 22.8. The predicted octanol–water partition coefficient (Wildman–Crippen LogP) is 4.44. The number of hydrogen-bond acceptors (Lipinski definition) is 8. The van der Waals surface area contributed by atoms with Crippen molar-refractivity contribution in [2.75, 3.05) is 21.3 Å². The van der Waals surface area contributed by atoms with Crippen molar-refractivity contribution in [1.82, 2.24) is 24.6 Å². The van der Waals surface area contributed by atoms with Gasteiger partial charge >= 0.3 is 0 Å². The molecule has 0 saturated heterocycles. The average Bonchev–Trinajstić information content (AvgIpc) is 3.15. The third-order valence-corrected chi connectivity index (χ3v) is 4.95. The number of fused-ring (bicyclic) bond motifs is 1. The monoisotopic (exact) mass is 435 g/mol. The molecule has 0 radical (unpaired) electrons. The van der Waals surface area contributed by atoms with E-state index in [0.717, 1.165) is 17.1 Å². The number of ether oxygens (including phenoxy) is 4. The molecule has 0 aliphatic heterocycles. The predicted molar refractivity (Wildman–Crippen MR) is 119 cm³/mol. The van der Waals surface area contributed by atoms with Gasteiger partial charge in [-0.15, -0.1) is 5.10 Å². The third-order valence-electron chi connectivity index (χ3n) is 4.95. The summed E-state index contributed by atoms with van der Waals surface area (Å²) in [5, 5.41) is 4.74. The molecule has 0 N–H and O–H groups in total. The number of imidazole rings is 1. The molecule has 1 aromatic carbocycles. The first-order chi connectivity index (χ1) is 15.5. The Kier molecular flexibility index (Phi) is 5.81. The quantitative estimate of drug-likeness (QED) is 0.421. The number of rotatable bonds is 7. The Balaban J connectivity index is 1.92. The van der Waals surface area contributed by atoms with E-state index in [2.05, 4.69) is 18.8 Å². The first-order valence-corrected chi connectivity index (χ1v) is 10.1. The number of hydrogen-bond donors (Lipinski definition) is 0. The van der Waals surface area contributed by atoms with Crippen LogP contribution in [0.3, 0.4) is 0 Å². The SMILES string of the molecule is COc1cc(Oc2nc(-c3cccnc3)nn3c(C(C)C)nc(C)c23)cc(OC)c1OC. The molecule has 4 rings (SSSR count). The van der Waals surface area contributed by atoms with Gasteiger partial charge in [-0.2, -0.15) is 4.98 Å². The lowest BCUT2D eigenvalue weighted by Gasteiger charge is -2.15. The van der Waals surface area contributed by atoms with Gasteiger partial charge in [-0.3, -0.25) is 4.98 Å². The fourth-order valence-corrected chi connectivity index (χ4v) is 3.44. The molecular weight excluding hydrogens is 410 g/mol. The second-order valence-corrected chi connectivity index (χ2v) is 7.42. The van der Waals surface area contributed by atoms with Crippen LogP contribution in [0.25, 0.3) is 16.9 Å². The molecule has 0 bridgehead atoms. The lowest BCUT2D eigenvalue weighted by Crippen LogP contribution is -2.06. The van der Waals surface area contributed by atoms with Crippen LogP contribution in [0.5, 0.6) is 28.9 Å². The van der Waals surface area contributed by atoms with Gasteiger partial charge < -0.3 is 18.9 Å². The first-order valence-electron chi connectivity index (χ1n) is 10.1. The van der Waals surface area contributed by atoms with Gasteiger partial charge in [-0.25, -0.2) is 9.50 Å². The van der Waals surface area contributed by atoms with Gasteiger partial charge in [0.25, 0.3) is 0 Å². The summed E-state index contributed by atoms with van der Waals surface area (Å²) in [5.74, 6) is 3.73. The molecule has 4 aromatic rings. The molecule has 3 aromatic heterocycles. The number of benzene rings is 1. The minimum absolute atomic E-state index is 0.155. The molecule has 9 nitrogen and oxygen atoms in total. The van der Waals surface area contributed by atoms with Crippen molar-refractivity contribution in [3.63, 3.8) is 0 Å². The third kappa shape index (κ3) is 3.77. The Morgan fingerprint density at radius 3 is 2.25 bits per heavy atom. The Labute approximate surface area is 186 Å². The average molecular weight is 435 g/mol. The smallest absolute Gasteiger partial charge is 0.249 e. The summed E-state index contributed by atoms with van der Waals surface area (Å²) in [6, 6.07) is 7.18. The van der Waals surface area contributed by atoms with Crippen molar-refractivity contribution >= 4 is 5.52 Å². The molecule has 32 heavy (non-hydrogen) atoms. The number of aryl methyl sites for hydroxylation is 1. The molecule has 0 spiro atoms. The number of nitrogens with zero attached hydrogens (tertiary/aromatic N) is 5. The van der Waals surface area contributed by atoms with E-state index in [1.165, 1.54) is 0 Å². The summed E-state index contributed by atoms with van der Waals surface area (Å²) < 4.78 is 24.4. The summed E-state index contributed by atoms with van der Waals surface area (Å²) >= 11 is 0. The first kappa shape index (κ1) is 21.4. The Bertz CT molecular complexity index is 1230. The fraction of sp³-hybridized carbons (Fsp3) is 0.304. The van der Waals surface area contributed by atoms with Gasteiger partial charge in [0.1, 0.15) is 11.6 Å². The topological polar surface area (TPSA) is 92.9 Å². The van der Waals surface area contributed by atoms with Gasteiger partial charge in [-0.05, 0) is 19.1 Å². The fourth-order valence-electron chi connectivity index (χ4n) is 3.44. The van der Waals surface area contributed by atoms with Crippen molar-refractivity contribution in [1.29, 1.82) is 0 Å². The van der Waals surface area contributed by atoms with Crippen molar-refractivity contribution in [2.45, 2.75) is 26.7 Å². The molecule has 0 amide bonds. The summed E-state index contributed by atoms with van der Waals surface area (Å²) in [4.78, 5) is 13.6. The molecule has 0 atom stereocenters. The molecule has 3 heterocycles. The van der Waals surface area contributed by atoms with Gasteiger partial charge in [0.2, 0.25) is 11.6 Å². The van der Waals surface area contributed by atoms with E-state index in [4.69, 9.17) is 34.0 Å². The molecule has 0 saturated carbocycles. The van der Waals surface area contributed by atoms with Crippen molar-refractivity contribution in [3.8, 4) is 40.3 Å². The van der Waals surface area contributed by atoms with Crippen LogP contribution in [-0.4, -0.2) is 45.9 Å². The van der Waals surface area contributed by atoms with Crippen LogP contribution in [0.1, 0.15) is 31.3 Å². The molecule has 166 valence electrons. The molecular formula is C23H25N5O4. The van der Waals surface area contributed by atoms with Crippen molar-refractivity contribution in [2.24, 2.45) is 0 Å². The van der Waals surface area contributed by atoms with Gasteiger partial charge in [0.05, 0.1) is 27.0 Å². The number of aromatic nitrogens is 5. The highest BCUT2D eigenvalue weighted by Crippen LogP contribution is 2.42. The van der Waals surface area contributed by atoms with Gasteiger partial charge in [0.15, 0.2) is 22.8 Å². The van der Waals surface area contributed by atoms with Crippen molar-refractivity contribution < 1.29 is 18.9 Å². The van der Waals surface area contributed by atoms with Crippen LogP contribution < -0.4 is 18.9 Å². The Morgan fingerprint density at radius 1 is 0.969 bits per heavy atom. The zero-order valence-corrected chi connectivity index (χ0v) is 18.9. The molecule has 0 unspecified atom stereocenters. The van der Waals surface area contributed by atoms with E-state index in [-0.39, 0.29) is 5.92 Å². The maximum Gasteiger partial charge on any atom is 0.249 e. The van der Waals surface area contributed by atoms with Crippen LogP contribution in [-0.2, 0) is 0 Å². The highest BCUT2D eigenvalue weighted by molar-refractivity contribution is 5.66. The van der Waals surface area contributed by atoms with Crippen molar-refractivity contribution in [3.05, 3.63) is 48.2 Å². The lowest BCUT2D eigenvalue weighted by molar-refractivity contribution is 0.320. The van der Waals surface area contributed by atoms with E-state index in [9.17, 15) is 0 Å². The molecule has 0 aliphatic carbocycles. The highest BCUT2D eigenvalue weighted by atomic mass is 16.5.